The normalized spacial score (nSPS) is 11.9. The highest BCUT2D eigenvalue weighted by Gasteiger charge is 2.19. The van der Waals surface area contributed by atoms with E-state index in [2.05, 4.69) is 72.8 Å². The van der Waals surface area contributed by atoms with Crippen LogP contribution in [0.4, 0.5) is 5.69 Å². The quantitative estimate of drug-likeness (QED) is 0.608. The van der Waals surface area contributed by atoms with Gasteiger partial charge in [0.2, 0.25) is 5.91 Å². The number of amides is 1. The molecule has 2 N–H and O–H groups in total. The largest absolute Gasteiger partial charge is 0.378 e. The topological polar surface area (TPSA) is 36.8 Å². The summed E-state index contributed by atoms with van der Waals surface area (Å²) in [5.41, 5.74) is 5.78. The lowest BCUT2D eigenvalue weighted by atomic mass is 10.0. The standard InChI is InChI=1S/C26H31N3O/c1-28(2)24-16-14-23(15-17-24)25(29(3)4)19-27-26(30)18-20-10-12-22(13-11-20)21-8-6-5-7-9-21/h5-17,25H,18-19H2,1-4H3,(H,27,30)/p+1/t25-/m0/s1. The van der Waals surface area contributed by atoms with Crippen LogP contribution in [0.3, 0.4) is 0 Å². The fraction of sp³-hybridized carbons (Fsp3) is 0.269. The number of carbonyl (C=O) groups excluding carboxylic acids is 1. The van der Waals surface area contributed by atoms with Crippen LogP contribution in [-0.2, 0) is 11.2 Å². The van der Waals surface area contributed by atoms with Crippen molar-refractivity contribution in [2.24, 2.45) is 0 Å². The van der Waals surface area contributed by atoms with Crippen molar-refractivity contribution in [3.8, 4) is 11.1 Å². The lowest BCUT2D eigenvalue weighted by Crippen LogP contribution is -3.07. The highest BCUT2D eigenvalue weighted by atomic mass is 16.1. The van der Waals surface area contributed by atoms with Crippen molar-refractivity contribution in [1.29, 1.82) is 0 Å². The molecule has 156 valence electrons. The van der Waals surface area contributed by atoms with Crippen LogP contribution in [0.5, 0.6) is 0 Å². The van der Waals surface area contributed by atoms with Gasteiger partial charge in [0.05, 0.1) is 27.1 Å². The fourth-order valence-corrected chi connectivity index (χ4v) is 3.57. The molecule has 0 heterocycles. The van der Waals surface area contributed by atoms with Gasteiger partial charge in [-0.1, -0.05) is 66.7 Å². The van der Waals surface area contributed by atoms with Crippen LogP contribution < -0.4 is 15.1 Å². The molecule has 1 amide bonds. The highest BCUT2D eigenvalue weighted by molar-refractivity contribution is 5.79. The van der Waals surface area contributed by atoms with E-state index in [1.165, 1.54) is 21.7 Å². The molecule has 0 aromatic heterocycles. The number of rotatable bonds is 8. The summed E-state index contributed by atoms with van der Waals surface area (Å²) in [5, 5.41) is 3.12. The van der Waals surface area contributed by atoms with E-state index in [1.807, 2.05) is 44.4 Å². The van der Waals surface area contributed by atoms with Gasteiger partial charge in [-0.2, -0.15) is 0 Å². The smallest absolute Gasteiger partial charge is 0.224 e. The number of quaternary nitrogens is 1. The van der Waals surface area contributed by atoms with E-state index in [-0.39, 0.29) is 11.9 Å². The Labute approximate surface area is 180 Å². The molecule has 3 aromatic carbocycles. The maximum absolute atomic E-state index is 12.5. The number of anilines is 1. The second-order valence-electron chi connectivity index (χ2n) is 8.16. The third-order valence-corrected chi connectivity index (χ3v) is 5.44. The van der Waals surface area contributed by atoms with Gasteiger partial charge in [0.25, 0.3) is 0 Å². The van der Waals surface area contributed by atoms with Crippen molar-refractivity contribution in [2.45, 2.75) is 12.5 Å². The van der Waals surface area contributed by atoms with Crippen molar-refractivity contribution in [1.82, 2.24) is 5.32 Å². The third kappa shape index (κ3) is 5.71. The predicted octanol–water partition coefficient (Wildman–Crippen LogP) is 2.96. The van der Waals surface area contributed by atoms with Gasteiger partial charge < -0.3 is 15.1 Å². The average molecular weight is 403 g/mol. The van der Waals surface area contributed by atoms with Gasteiger partial charge in [-0.15, -0.1) is 0 Å². The van der Waals surface area contributed by atoms with Gasteiger partial charge in [-0.25, -0.2) is 0 Å². The van der Waals surface area contributed by atoms with E-state index in [9.17, 15) is 4.79 Å². The minimum Gasteiger partial charge on any atom is -0.378 e. The van der Waals surface area contributed by atoms with E-state index in [4.69, 9.17) is 0 Å². The molecule has 0 spiro atoms. The average Bonchev–Trinajstić information content (AvgIpc) is 2.75. The Balaban J connectivity index is 1.58. The van der Waals surface area contributed by atoms with E-state index < -0.39 is 0 Å². The summed E-state index contributed by atoms with van der Waals surface area (Å²) in [7, 11) is 8.32. The van der Waals surface area contributed by atoms with Gasteiger partial charge in [0, 0.05) is 25.3 Å². The van der Waals surface area contributed by atoms with Crippen LogP contribution in [0.1, 0.15) is 17.2 Å². The molecule has 0 saturated carbocycles. The Bertz CT molecular complexity index is 932. The van der Waals surface area contributed by atoms with E-state index in [0.29, 0.717) is 13.0 Å². The Morgan fingerprint density at radius 1 is 0.867 bits per heavy atom. The van der Waals surface area contributed by atoms with Crippen molar-refractivity contribution in [3.63, 3.8) is 0 Å². The van der Waals surface area contributed by atoms with Crippen LogP contribution in [0.2, 0.25) is 0 Å². The maximum atomic E-state index is 12.5. The summed E-state index contributed by atoms with van der Waals surface area (Å²) >= 11 is 0. The lowest BCUT2D eigenvalue weighted by molar-refractivity contribution is -0.890. The van der Waals surface area contributed by atoms with Crippen molar-refractivity contribution < 1.29 is 9.69 Å². The molecule has 0 unspecified atom stereocenters. The third-order valence-electron chi connectivity index (χ3n) is 5.44. The first-order valence-electron chi connectivity index (χ1n) is 10.4. The summed E-state index contributed by atoms with van der Waals surface area (Å²) in [4.78, 5) is 15.9. The summed E-state index contributed by atoms with van der Waals surface area (Å²) in [6.45, 7) is 0.616. The van der Waals surface area contributed by atoms with Crippen LogP contribution in [0.25, 0.3) is 11.1 Å². The molecule has 0 aliphatic heterocycles. The lowest BCUT2D eigenvalue weighted by Gasteiger charge is -2.23. The number of nitrogens with one attached hydrogen (secondary N) is 2. The van der Waals surface area contributed by atoms with Crippen molar-refractivity contribution in [3.05, 3.63) is 90.0 Å². The molecule has 0 radical (unpaired) electrons. The van der Waals surface area contributed by atoms with Gasteiger partial charge in [0.1, 0.15) is 6.04 Å². The van der Waals surface area contributed by atoms with Gasteiger partial charge in [-0.05, 0) is 28.8 Å². The maximum Gasteiger partial charge on any atom is 0.224 e. The molecule has 0 aliphatic carbocycles. The molecule has 0 fully saturated rings. The number of likely N-dealkylation sites (N-methyl/N-ethyl adjacent to an activating group) is 1. The predicted molar refractivity (Wildman–Crippen MR) is 125 cm³/mol. The molecule has 30 heavy (non-hydrogen) atoms. The molecule has 4 nitrogen and oxygen atoms in total. The molecule has 0 bridgehead atoms. The second kappa shape index (κ2) is 10.1. The number of hydrogen-bond acceptors (Lipinski definition) is 2. The zero-order valence-electron chi connectivity index (χ0n) is 18.4. The summed E-state index contributed by atoms with van der Waals surface area (Å²) in [5.74, 6) is 0.0543. The molecule has 3 aromatic rings. The summed E-state index contributed by atoms with van der Waals surface area (Å²) in [6, 6.07) is 27.3. The molecule has 1 atom stereocenters. The van der Waals surface area contributed by atoms with Gasteiger partial charge >= 0.3 is 0 Å². The Hall–Kier alpha value is -3.11. The van der Waals surface area contributed by atoms with Crippen molar-refractivity contribution >= 4 is 11.6 Å². The minimum atomic E-state index is 0.0543. The fourth-order valence-electron chi connectivity index (χ4n) is 3.57. The zero-order chi connectivity index (χ0) is 21.5. The first kappa shape index (κ1) is 21.6. The van der Waals surface area contributed by atoms with Crippen molar-refractivity contribution in [2.75, 3.05) is 39.6 Å². The minimum absolute atomic E-state index is 0.0543. The van der Waals surface area contributed by atoms with Gasteiger partial charge in [-0.3, -0.25) is 4.79 Å². The Morgan fingerprint density at radius 2 is 1.47 bits per heavy atom. The highest BCUT2D eigenvalue weighted by Crippen LogP contribution is 2.19. The van der Waals surface area contributed by atoms with E-state index in [0.717, 1.165) is 11.1 Å². The van der Waals surface area contributed by atoms with Crippen LogP contribution >= 0.6 is 0 Å². The SMILES string of the molecule is CN(C)c1ccc([C@H](CNC(=O)Cc2ccc(-c3ccccc3)cc2)[NH+](C)C)cc1. The summed E-state index contributed by atoms with van der Waals surface area (Å²) < 4.78 is 0. The Morgan fingerprint density at radius 3 is 2.03 bits per heavy atom. The van der Waals surface area contributed by atoms with Crippen LogP contribution in [0.15, 0.2) is 78.9 Å². The first-order valence-corrected chi connectivity index (χ1v) is 10.4. The number of hydrogen-bond donors (Lipinski definition) is 2. The number of nitrogens with zero attached hydrogens (tertiary/aromatic N) is 1. The molecule has 0 aliphatic rings. The molecular formula is C26H32N3O+. The molecule has 4 heteroatoms. The molecular weight excluding hydrogens is 370 g/mol. The van der Waals surface area contributed by atoms with E-state index >= 15 is 0 Å². The van der Waals surface area contributed by atoms with Gasteiger partial charge in [0.15, 0.2) is 0 Å². The number of carbonyl (C=O) groups is 1. The monoisotopic (exact) mass is 402 g/mol. The first-order chi connectivity index (χ1) is 14.4. The van der Waals surface area contributed by atoms with E-state index in [1.54, 1.807) is 0 Å². The molecule has 3 rings (SSSR count). The second-order valence-corrected chi connectivity index (χ2v) is 8.16. The zero-order valence-corrected chi connectivity index (χ0v) is 18.4. The van der Waals surface area contributed by atoms with Crippen LogP contribution in [-0.4, -0.2) is 40.6 Å². The number of benzene rings is 3. The Kier molecular flexibility index (Phi) is 7.26. The summed E-state index contributed by atoms with van der Waals surface area (Å²) in [6.07, 6.45) is 0.393. The molecule has 0 saturated heterocycles. The van der Waals surface area contributed by atoms with Crippen LogP contribution in [0, 0.1) is 0 Å².